The summed E-state index contributed by atoms with van der Waals surface area (Å²) in [6.07, 6.45) is 3.07. The Kier molecular flexibility index (Phi) is 7.31. The normalized spacial score (nSPS) is 33.5. The summed E-state index contributed by atoms with van der Waals surface area (Å²) >= 11 is 0. The molecule has 0 aliphatic carbocycles. The minimum Gasteiger partial charge on any atom is -0.466 e. The molecule has 8 nitrogen and oxygen atoms in total. The molecule has 0 aromatic heterocycles. The van der Waals surface area contributed by atoms with Gasteiger partial charge in [0.25, 0.3) is 0 Å². The van der Waals surface area contributed by atoms with Gasteiger partial charge in [-0.15, -0.1) is 0 Å². The first kappa shape index (κ1) is 24.0. The number of aliphatic hydroxyl groups excluding tert-OH is 1. The highest BCUT2D eigenvalue weighted by molar-refractivity contribution is 5.98. The highest BCUT2D eigenvalue weighted by Gasteiger charge is 2.75. The van der Waals surface area contributed by atoms with E-state index in [9.17, 15) is 19.5 Å². The van der Waals surface area contributed by atoms with Crippen LogP contribution in [0, 0.1) is 17.8 Å². The van der Waals surface area contributed by atoms with Crippen LogP contribution in [0.15, 0.2) is 0 Å². The van der Waals surface area contributed by atoms with Crippen molar-refractivity contribution in [2.75, 3.05) is 13.2 Å². The highest BCUT2D eigenvalue weighted by Crippen LogP contribution is 2.59. The molecule has 3 heterocycles. The van der Waals surface area contributed by atoms with Gasteiger partial charge in [0.15, 0.2) is 0 Å². The molecule has 31 heavy (non-hydrogen) atoms. The maximum atomic E-state index is 13.7. The number of nitrogens with one attached hydrogen (secondary N) is 1. The lowest BCUT2D eigenvalue weighted by atomic mass is 9.70. The van der Waals surface area contributed by atoms with Crippen LogP contribution in [0.5, 0.6) is 0 Å². The number of ether oxygens (including phenoxy) is 2. The Bertz CT molecular complexity index is 698. The topological polar surface area (TPSA) is 105 Å². The van der Waals surface area contributed by atoms with E-state index < -0.39 is 41.6 Å². The quantitative estimate of drug-likeness (QED) is 0.503. The number of carbonyl (C=O) groups is 3. The molecule has 3 rings (SSSR count). The summed E-state index contributed by atoms with van der Waals surface area (Å²) in [6, 6.07) is -1.40. The third kappa shape index (κ3) is 4.09. The number of rotatable bonds is 10. The Balaban J connectivity index is 2.00. The van der Waals surface area contributed by atoms with Crippen molar-refractivity contribution in [3.63, 3.8) is 0 Å². The number of amides is 2. The van der Waals surface area contributed by atoms with Crippen molar-refractivity contribution in [3.05, 3.63) is 0 Å². The van der Waals surface area contributed by atoms with Gasteiger partial charge in [-0.2, -0.15) is 0 Å². The summed E-state index contributed by atoms with van der Waals surface area (Å²) in [7, 11) is 0. The number of carbonyl (C=O) groups excluding carboxylic acids is 3. The lowest BCUT2D eigenvalue weighted by molar-refractivity contribution is -0.155. The fourth-order valence-electron chi connectivity index (χ4n) is 5.94. The molecule has 3 unspecified atom stereocenters. The SMILES string of the molecule is CCCC(C)NC(=O)C1N([C@@H](CO)CC(C)C)C(=O)[C@@H]2[C@@H](C(=O)OCC)[C@H]3CCC12O3. The van der Waals surface area contributed by atoms with E-state index in [1.165, 1.54) is 4.90 Å². The maximum Gasteiger partial charge on any atom is 0.312 e. The zero-order valence-electron chi connectivity index (χ0n) is 19.4. The van der Waals surface area contributed by atoms with Crippen LogP contribution in [0.3, 0.4) is 0 Å². The Morgan fingerprint density at radius 2 is 2.03 bits per heavy atom. The molecule has 0 aromatic rings. The molecule has 0 radical (unpaired) electrons. The van der Waals surface area contributed by atoms with Crippen molar-refractivity contribution in [2.24, 2.45) is 17.8 Å². The van der Waals surface area contributed by atoms with Gasteiger partial charge >= 0.3 is 5.97 Å². The monoisotopic (exact) mass is 438 g/mol. The average molecular weight is 439 g/mol. The fraction of sp³-hybridized carbons (Fsp3) is 0.870. The molecule has 3 aliphatic rings. The van der Waals surface area contributed by atoms with Gasteiger partial charge in [-0.3, -0.25) is 14.4 Å². The van der Waals surface area contributed by atoms with E-state index in [0.717, 1.165) is 12.8 Å². The number of hydrogen-bond donors (Lipinski definition) is 2. The van der Waals surface area contributed by atoms with Gasteiger partial charge in [-0.25, -0.2) is 0 Å². The first-order valence-electron chi connectivity index (χ1n) is 11.8. The lowest BCUT2D eigenvalue weighted by Gasteiger charge is -2.37. The third-order valence-corrected chi connectivity index (χ3v) is 7.00. The van der Waals surface area contributed by atoms with Gasteiger partial charge in [0, 0.05) is 6.04 Å². The van der Waals surface area contributed by atoms with Crippen molar-refractivity contribution in [1.29, 1.82) is 0 Å². The molecule has 3 saturated heterocycles. The van der Waals surface area contributed by atoms with Crippen LogP contribution in [-0.4, -0.2) is 70.8 Å². The molecule has 0 aromatic carbocycles. The molecule has 0 saturated carbocycles. The second-order valence-electron chi connectivity index (χ2n) is 9.72. The zero-order chi connectivity index (χ0) is 22.9. The third-order valence-electron chi connectivity index (χ3n) is 7.00. The molecule has 176 valence electrons. The predicted molar refractivity (Wildman–Crippen MR) is 114 cm³/mol. The van der Waals surface area contributed by atoms with E-state index in [1.807, 2.05) is 20.8 Å². The van der Waals surface area contributed by atoms with Crippen LogP contribution in [0.2, 0.25) is 0 Å². The van der Waals surface area contributed by atoms with E-state index in [4.69, 9.17) is 9.47 Å². The Labute approximate surface area is 185 Å². The first-order chi connectivity index (χ1) is 14.7. The van der Waals surface area contributed by atoms with Crippen molar-refractivity contribution < 1.29 is 29.0 Å². The van der Waals surface area contributed by atoms with Crippen LogP contribution < -0.4 is 5.32 Å². The van der Waals surface area contributed by atoms with Crippen LogP contribution in [-0.2, 0) is 23.9 Å². The van der Waals surface area contributed by atoms with Crippen LogP contribution in [0.4, 0.5) is 0 Å². The van der Waals surface area contributed by atoms with Gasteiger partial charge in [-0.1, -0.05) is 27.2 Å². The molecular formula is C23H38N2O6. The average Bonchev–Trinajstić information content (AvgIpc) is 3.33. The first-order valence-corrected chi connectivity index (χ1v) is 11.8. The van der Waals surface area contributed by atoms with E-state index in [2.05, 4.69) is 12.2 Å². The largest absolute Gasteiger partial charge is 0.466 e. The summed E-state index contributed by atoms with van der Waals surface area (Å²) in [6.45, 7) is 9.76. The molecular weight excluding hydrogens is 400 g/mol. The molecule has 8 heteroatoms. The number of esters is 1. The Morgan fingerprint density at radius 1 is 1.32 bits per heavy atom. The molecule has 3 aliphatic heterocycles. The number of likely N-dealkylation sites (tertiary alicyclic amines) is 1. The molecule has 3 fully saturated rings. The van der Waals surface area contributed by atoms with Gasteiger partial charge in [-0.05, 0) is 45.4 Å². The summed E-state index contributed by atoms with van der Waals surface area (Å²) in [5, 5.41) is 13.2. The van der Waals surface area contributed by atoms with E-state index in [1.54, 1.807) is 6.92 Å². The minimum atomic E-state index is -1.04. The van der Waals surface area contributed by atoms with Crippen molar-refractivity contribution >= 4 is 17.8 Å². The van der Waals surface area contributed by atoms with Crippen molar-refractivity contribution in [3.8, 4) is 0 Å². The van der Waals surface area contributed by atoms with E-state index in [-0.39, 0.29) is 37.0 Å². The summed E-state index contributed by atoms with van der Waals surface area (Å²) in [5.74, 6) is -2.19. The highest BCUT2D eigenvalue weighted by atomic mass is 16.6. The van der Waals surface area contributed by atoms with Gasteiger partial charge in [0.1, 0.15) is 11.6 Å². The molecule has 2 bridgehead atoms. The number of hydrogen-bond acceptors (Lipinski definition) is 6. The second-order valence-corrected chi connectivity index (χ2v) is 9.72. The number of nitrogens with zero attached hydrogens (tertiary/aromatic N) is 1. The van der Waals surface area contributed by atoms with Crippen molar-refractivity contribution in [2.45, 2.75) is 96.6 Å². The number of aliphatic hydroxyl groups is 1. The fourth-order valence-corrected chi connectivity index (χ4v) is 5.94. The Morgan fingerprint density at radius 3 is 2.61 bits per heavy atom. The van der Waals surface area contributed by atoms with Crippen LogP contribution >= 0.6 is 0 Å². The summed E-state index contributed by atoms with van der Waals surface area (Å²) in [5.41, 5.74) is -1.04. The molecule has 1 spiro atoms. The molecule has 2 amide bonds. The zero-order valence-corrected chi connectivity index (χ0v) is 19.4. The molecule has 2 N–H and O–H groups in total. The number of fused-ring (bicyclic) bond motifs is 1. The summed E-state index contributed by atoms with van der Waals surface area (Å²) < 4.78 is 11.6. The predicted octanol–water partition coefficient (Wildman–Crippen LogP) is 1.64. The van der Waals surface area contributed by atoms with Gasteiger partial charge in [0.2, 0.25) is 11.8 Å². The maximum absolute atomic E-state index is 13.7. The summed E-state index contributed by atoms with van der Waals surface area (Å²) in [4.78, 5) is 41.6. The second kappa shape index (κ2) is 9.45. The van der Waals surface area contributed by atoms with Crippen LogP contribution in [0.1, 0.15) is 66.7 Å². The van der Waals surface area contributed by atoms with Gasteiger partial charge < -0.3 is 24.8 Å². The minimum absolute atomic E-state index is 0.0398. The Hall–Kier alpha value is -1.67. The lowest BCUT2D eigenvalue weighted by Crippen LogP contribution is -2.59. The van der Waals surface area contributed by atoms with Crippen molar-refractivity contribution in [1.82, 2.24) is 10.2 Å². The smallest absolute Gasteiger partial charge is 0.312 e. The van der Waals surface area contributed by atoms with E-state index >= 15 is 0 Å². The van der Waals surface area contributed by atoms with Gasteiger partial charge in [0.05, 0.1) is 37.2 Å². The van der Waals surface area contributed by atoms with E-state index in [0.29, 0.717) is 19.3 Å². The standard InChI is InChI=1S/C23H38N2O6/c1-6-8-14(5)24-20(27)19-23-10-9-16(31-23)17(22(29)30-7-2)18(23)21(28)25(19)15(12-26)11-13(3)4/h13-19,26H,6-12H2,1-5H3,(H,24,27)/t14?,15-,16-,17+,18+,19?,23?/m1/s1. The van der Waals surface area contributed by atoms with Crippen LogP contribution in [0.25, 0.3) is 0 Å². The molecule has 7 atom stereocenters.